The number of nitrogens with one attached hydrogen (secondary N) is 1. The molecule has 1 atom stereocenters. The number of benzene rings is 1. The zero-order chi connectivity index (χ0) is 19.7. The molecule has 0 spiro atoms. The number of likely N-dealkylation sites (tertiary alicyclic amines) is 1. The Kier molecular flexibility index (Phi) is 4.81. The van der Waals surface area contributed by atoms with Crippen LogP contribution in [0, 0.1) is 19.8 Å². The lowest BCUT2D eigenvalue weighted by molar-refractivity contribution is -0.121. The predicted molar refractivity (Wildman–Crippen MR) is 106 cm³/mol. The molecule has 144 valence electrons. The van der Waals surface area contributed by atoms with Crippen LogP contribution in [0.25, 0.3) is 5.65 Å². The molecule has 7 heteroatoms. The van der Waals surface area contributed by atoms with Gasteiger partial charge in [0.2, 0.25) is 11.9 Å². The number of carbonyl (C=O) groups is 2. The molecule has 0 saturated carbocycles. The second-order valence-electron chi connectivity index (χ2n) is 7.41. The third kappa shape index (κ3) is 3.60. The molecule has 1 saturated heterocycles. The van der Waals surface area contributed by atoms with Gasteiger partial charge in [-0.2, -0.15) is 0 Å². The number of aromatic nitrogens is 3. The number of piperidine rings is 1. The minimum Gasteiger partial charge on any atom is -0.338 e. The molecule has 1 aliphatic rings. The standard InChI is InChI=1S/C21H23N5O2/c1-14-10-15(2)12-17(11-14)20(28)25-8-5-6-16(13-25)19(27)22-21-24-23-18-7-3-4-9-26(18)21/h3-4,7,9-12,16H,5-6,8,13H2,1-2H3,(H,22,24,27)/t16-/m1/s1. The summed E-state index contributed by atoms with van der Waals surface area (Å²) in [4.78, 5) is 27.5. The number of carbonyl (C=O) groups excluding carboxylic acids is 2. The highest BCUT2D eigenvalue weighted by Crippen LogP contribution is 2.21. The van der Waals surface area contributed by atoms with Crippen molar-refractivity contribution in [3.63, 3.8) is 0 Å². The molecule has 0 aliphatic carbocycles. The van der Waals surface area contributed by atoms with E-state index >= 15 is 0 Å². The van der Waals surface area contributed by atoms with Gasteiger partial charge in [-0.15, -0.1) is 10.2 Å². The highest BCUT2D eigenvalue weighted by atomic mass is 16.2. The first-order chi connectivity index (χ1) is 13.5. The van der Waals surface area contributed by atoms with Crippen molar-refractivity contribution in [3.8, 4) is 0 Å². The zero-order valence-electron chi connectivity index (χ0n) is 16.1. The number of fused-ring (bicyclic) bond motifs is 1. The minimum absolute atomic E-state index is 0.0165. The normalized spacial score (nSPS) is 16.9. The predicted octanol–water partition coefficient (Wildman–Crippen LogP) is 2.84. The van der Waals surface area contributed by atoms with E-state index in [9.17, 15) is 9.59 Å². The average molecular weight is 377 g/mol. The van der Waals surface area contributed by atoms with Crippen LogP contribution >= 0.6 is 0 Å². The maximum Gasteiger partial charge on any atom is 0.253 e. The van der Waals surface area contributed by atoms with E-state index in [1.165, 1.54) is 0 Å². The summed E-state index contributed by atoms with van der Waals surface area (Å²) in [7, 11) is 0. The molecule has 4 rings (SSSR count). The van der Waals surface area contributed by atoms with E-state index in [4.69, 9.17) is 0 Å². The Labute approximate surface area is 163 Å². The van der Waals surface area contributed by atoms with E-state index in [-0.39, 0.29) is 17.7 Å². The molecule has 3 heterocycles. The Morgan fingerprint density at radius 1 is 1.11 bits per heavy atom. The Hall–Kier alpha value is -3.22. The Morgan fingerprint density at radius 2 is 1.89 bits per heavy atom. The summed E-state index contributed by atoms with van der Waals surface area (Å²) >= 11 is 0. The molecule has 1 aromatic carbocycles. The largest absolute Gasteiger partial charge is 0.338 e. The van der Waals surface area contributed by atoms with Gasteiger partial charge in [-0.25, -0.2) is 0 Å². The van der Waals surface area contributed by atoms with Crippen LogP contribution in [0.15, 0.2) is 42.6 Å². The van der Waals surface area contributed by atoms with Gasteiger partial charge in [0.05, 0.1) is 5.92 Å². The van der Waals surface area contributed by atoms with E-state index in [1.807, 2.05) is 56.4 Å². The number of amides is 2. The third-order valence-corrected chi connectivity index (χ3v) is 5.10. The quantitative estimate of drug-likeness (QED) is 0.761. The first-order valence-corrected chi connectivity index (χ1v) is 9.49. The maximum absolute atomic E-state index is 12.9. The summed E-state index contributed by atoms with van der Waals surface area (Å²) in [6, 6.07) is 11.4. The second-order valence-corrected chi connectivity index (χ2v) is 7.41. The number of nitrogens with zero attached hydrogens (tertiary/aromatic N) is 4. The number of anilines is 1. The van der Waals surface area contributed by atoms with Crippen molar-refractivity contribution in [2.24, 2.45) is 5.92 Å². The molecule has 28 heavy (non-hydrogen) atoms. The number of rotatable bonds is 3. The van der Waals surface area contributed by atoms with Gasteiger partial charge in [0.15, 0.2) is 5.65 Å². The van der Waals surface area contributed by atoms with Crippen LogP contribution in [0.5, 0.6) is 0 Å². The number of hydrogen-bond donors (Lipinski definition) is 1. The molecule has 2 amide bonds. The topological polar surface area (TPSA) is 79.6 Å². The van der Waals surface area contributed by atoms with Gasteiger partial charge in [-0.1, -0.05) is 23.3 Å². The van der Waals surface area contributed by atoms with Gasteiger partial charge >= 0.3 is 0 Å². The summed E-state index contributed by atoms with van der Waals surface area (Å²) < 4.78 is 1.74. The Balaban J connectivity index is 1.47. The molecule has 1 aliphatic heterocycles. The molecule has 1 N–H and O–H groups in total. The van der Waals surface area contributed by atoms with E-state index in [0.29, 0.717) is 30.2 Å². The van der Waals surface area contributed by atoms with Crippen molar-refractivity contribution in [3.05, 3.63) is 59.3 Å². The maximum atomic E-state index is 12.9. The first-order valence-electron chi connectivity index (χ1n) is 9.49. The smallest absolute Gasteiger partial charge is 0.253 e. The van der Waals surface area contributed by atoms with Crippen LogP contribution in [-0.2, 0) is 4.79 Å². The van der Waals surface area contributed by atoms with Crippen molar-refractivity contribution in [2.75, 3.05) is 18.4 Å². The van der Waals surface area contributed by atoms with Crippen molar-refractivity contribution in [1.82, 2.24) is 19.5 Å². The first kappa shape index (κ1) is 18.2. The zero-order valence-corrected chi connectivity index (χ0v) is 16.1. The van der Waals surface area contributed by atoms with Crippen LogP contribution in [0.1, 0.15) is 34.3 Å². The number of aryl methyl sites for hydroxylation is 2. The lowest BCUT2D eigenvalue weighted by atomic mass is 9.96. The van der Waals surface area contributed by atoms with E-state index in [0.717, 1.165) is 24.0 Å². The SMILES string of the molecule is Cc1cc(C)cc(C(=O)N2CCC[C@@H](C(=O)Nc3nnc4ccccn34)C2)c1. The van der Waals surface area contributed by atoms with Gasteiger partial charge in [0, 0.05) is 24.8 Å². The van der Waals surface area contributed by atoms with Crippen LogP contribution in [-0.4, -0.2) is 44.4 Å². The van der Waals surface area contributed by atoms with Crippen LogP contribution < -0.4 is 5.32 Å². The fraction of sp³-hybridized carbons (Fsp3) is 0.333. The van der Waals surface area contributed by atoms with Crippen LogP contribution in [0.2, 0.25) is 0 Å². The van der Waals surface area contributed by atoms with Crippen molar-refractivity contribution >= 4 is 23.4 Å². The lowest BCUT2D eigenvalue weighted by Gasteiger charge is -2.32. The number of hydrogen-bond acceptors (Lipinski definition) is 4. The average Bonchev–Trinajstić information content (AvgIpc) is 3.10. The fourth-order valence-electron chi connectivity index (χ4n) is 3.80. The molecule has 7 nitrogen and oxygen atoms in total. The molecule has 0 bridgehead atoms. The van der Waals surface area contributed by atoms with E-state index in [1.54, 1.807) is 9.30 Å². The minimum atomic E-state index is -0.264. The van der Waals surface area contributed by atoms with E-state index in [2.05, 4.69) is 15.5 Å². The summed E-state index contributed by atoms with van der Waals surface area (Å²) in [5.41, 5.74) is 3.48. The molecular weight excluding hydrogens is 354 g/mol. The Morgan fingerprint density at radius 3 is 2.68 bits per heavy atom. The van der Waals surface area contributed by atoms with Gasteiger partial charge in [-0.05, 0) is 51.0 Å². The van der Waals surface area contributed by atoms with Gasteiger partial charge in [0.1, 0.15) is 0 Å². The van der Waals surface area contributed by atoms with Crippen molar-refractivity contribution in [2.45, 2.75) is 26.7 Å². The summed E-state index contributed by atoms with van der Waals surface area (Å²) in [5.74, 6) is -0.00803. The van der Waals surface area contributed by atoms with Crippen LogP contribution in [0.3, 0.4) is 0 Å². The highest BCUT2D eigenvalue weighted by Gasteiger charge is 2.29. The third-order valence-electron chi connectivity index (χ3n) is 5.10. The highest BCUT2D eigenvalue weighted by molar-refractivity contribution is 5.96. The van der Waals surface area contributed by atoms with Crippen molar-refractivity contribution in [1.29, 1.82) is 0 Å². The number of pyridine rings is 1. The Bertz CT molecular complexity index is 1020. The molecule has 1 fully saturated rings. The monoisotopic (exact) mass is 377 g/mol. The molecular formula is C21H23N5O2. The molecule has 0 unspecified atom stereocenters. The van der Waals surface area contributed by atoms with Crippen LogP contribution in [0.4, 0.5) is 5.95 Å². The second kappa shape index (κ2) is 7.42. The molecule has 0 radical (unpaired) electrons. The summed E-state index contributed by atoms with van der Waals surface area (Å²) in [5, 5.41) is 11.0. The molecule has 2 aromatic heterocycles. The fourth-order valence-corrected chi connectivity index (χ4v) is 3.80. The van der Waals surface area contributed by atoms with Crippen molar-refractivity contribution < 1.29 is 9.59 Å². The molecule has 3 aromatic rings. The van der Waals surface area contributed by atoms with Gasteiger partial charge in [-0.3, -0.25) is 19.3 Å². The van der Waals surface area contributed by atoms with Gasteiger partial charge in [0.25, 0.3) is 5.91 Å². The van der Waals surface area contributed by atoms with Gasteiger partial charge < -0.3 is 4.90 Å². The lowest BCUT2D eigenvalue weighted by Crippen LogP contribution is -2.44. The summed E-state index contributed by atoms with van der Waals surface area (Å²) in [6.45, 7) is 5.05. The summed E-state index contributed by atoms with van der Waals surface area (Å²) in [6.07, 6.45) is 3.36. The van der Waals surface area contributed by atoms with E-state index < -0.39 is 0 Å².